The van der Waals surface area contributed by atoms with Gasteiger partial charge in [-0.25, -0.2) is 19.8 Å². The highest BCUT2D eigenvalue weighted by Gasteiger charge is 2.20. The lowest BCUT2D eigenvalue weighted by molar-refractivity contribution is -0.115. The highest BCUT2D eigenvalue weighted by Crippen LogP contribution is 2.53. The van der Waals surface area contributed by atoms with Crippen molar-refractivity contribution in [3.8, 4) is 11.3 Å². The second kappa shape index (κ2) is 10.2. The Balaban J connectivity index is 1.60. The number of hydrogen-bond donors (Lipinski definition) is 3. The fourth-order valence-electron chi connectivity index (χ4n) is 2.94. The highest BCUT2D eigenvalue weighted by molar-refractivity contribution is 8.33. The Hall–Kier alpha value is -3.17. The molecule has 0 saturated heterocycles. The van der Waals surface area contributed by atoms with E-state index in [1.165, 1.54) is 23.5 Å². The number of benzene rings is 2. The molecule has 0 spiro atoms. The number of carboxylic acids is 1. The molecular formula is C24H27N3O4S2. The molecule has 1 aromatic heterocycles. The molecule has 3 N–H and O–H groups in total. The minimum Gasteiger partial charge on any atom is -0.478 e. The number of carbonyl (C=O) groups excluding carboxylic acids is 2. The van der Waals surface area contributed by atoms with Crippen molar-refractivity contribution in [1.29, 1.82) is 0 Å². The summed E-state index contributed by atoms with van der Waals surface area (Å²) >= 11 is 1.22. The van der Waals surface area contributed by atoms with Crippen LogP contribution in [-0.4, -0.2) is 52.2 Å². The van der Waals surface area contributed by atoms with Gasteiger partial charge in [0.05, 0.1) is 17.8 Å². The van der Waals surface area contributed by atoms with Gasteiger partial charge in [-0.2, -0.15) is 0 Å². The molecule has 0 aliphatic rings. The molecule has 0 unspecified atom stereocenters. The lowest BCUT2D eigenvalue weighted by Gasteiger charge is -2.36. The van der Waals surface area contributed by atoms with Gasteiger partial charge in [-0.3, -0.25) is 9.59 Å². The number of anilines is 1. The number of aromatic nitrogens is 1. The van der Waals surface area contributed by atoms with Gasteiger partial charge in [-0.05, 0) is 46.9 Å². The average Bonchev–Trinajstić information content (AvgIpc) is 3.26. The van der Waals surface area contributed by atoms with E-state index >= 15 is 0 Å². The summed E-state index contributed by atoms with van der Waals surface area (Å²) in [5.74, 6) is -1.72. The maximum absolute atomic E-state index is 12.6. The summed E-state index contributed by atoms with van der Waals surface area (Å²) in [6.45, 7) is 4.17. The summed E-state index contributed by atoms with van der Waals surface area (Å²) in [6.07, 6.45) is 4.45. The van der Waals surface area contributed by atoms with Gasteiger partial charge in [0, 0.05) is 16.5 Å². The van der Waals surface area contributed by atoms with Gasteiger partial charge in [0.15, 0.2) is 5.13 Å². The Kier molecular flexibility index (Phi) is 7.55. The van der Waals surface area contributed by atoms with Crippen LogP contribution in [0, 0.1) is 0 Å². The van der Waals surface area contributed by atoms with Crippen LogP contribution in [0.5, 0.6) is 0 Å². The zero-order chi connectivity index (χ0) is 24.2. The van der Waals surface area contributed by atoms with E-state index in [0.717, 1.165) is 4.90 Å². The summed E-state index contributed by atoms with van der Waals surface area (Å²) in [5, 5.41) is 17.0. The van der Waals surface area contributed by atoms with Gasteiger partial charge in [0.1, 0.15) is 0 Å². The molecule has 0 radical (unpaired) electrons. The number of aromatic carboxylic acids is 1. The number of carbonyl (C=O) groups is 3. The largest absolute Gasteiger partial charge is 0.478 e. The fraction of sp³-hybridized carbons (Fsp3) is 0.250. The zero-order valence-electron chi connectivity index (χ0n) is 18.9. The maximum atomic E-state index is 12.6. The summed E-state index contributed by atoms with van der Waals surface area (Å²) in [6, 6.07) is 14.0. The van der Waals surface area contributed by atoms with Gasteiger partial charge >= 0.3 is 5.97 Å². The smallest absolute Gasteiger partial charge is 0.335 e. The van der Waals surface area contributed by atoms with E-state index in [2.05, 4.69) is 42.0 Å². The minimum absolute atomic E-state index is 0.163. The Morgan fingerprint density at radius 1 is 1.06 bits per heavy atom. The Morgan fingerprint density at radius 2 is 1.76 bits per heavy atom. The lowest BCUT2D eigenvalue weighted by atomic mass is 10.1. The molecule has 3 rings (SSSR count). The van der Waals surface area contributed by atoms with Crippen molar-refractivity contribution in [2.45, 2.75) is 24.0 Å². The van der Waals surface area contributed by atoms with Crippen molar-refractivity contribution < 1.29 is 19.5 Å². The van der Waals surface area contributed by atoms with E-state index in [9.17, 15) is 14.4 Å². The monoisotopic (exact) mass is 485 g/mol. The third-order valence-electron chi connectivity index (χ3n) is 5.45. The van der Waals surface area contributed by atoms with Gasteiger partial charge in [-0.15, -0.1) is 11.3 Å². The van der Waals surface area contributed by atoms with Crippen molar-refractivity contribution in [1.82, 2.24) is 10.3 Å². The van der Waals surface area contributed by atoms with Crippen molar-refractivity contribution >= 4 is 44.3 Å². The Labute approximate surface area is 198 Å². The molecule has 0 aliphatic heterocycles. The van der Waals surface area contributed by atoms with Crippen LogP contribution in [0.15, 0.2) is 58.8 Å². The van der Waals surface area contributed by atoms with Crippen molar-refractivity contribution in [2.24, 2.45) is 0 Å². The molecule has 7 nitrogen and oxygen atoms in total. The quantitative estimate of drug-likeness (QED) is 0.428. The molecule has 174 valence electrons. The first kappa shape index (κ1) is 24.5. The predicted octanol–water partition coefficient (Wildman–Crippen LogP) is 4.71. The molecule has 0 aliphatic carbocycles. The summed E-state index contributed by atoms with van der Waals surface area (Å²) in [5.41, 5.74) is 1.90. The molecule has 0 atom stereocenters. The van der Waals surface area contributed by atoms with Gasteiger partial charge in [0.2, 0.25) is 5.91 Å². The number of nitrogens with one attached hydrogen (secondary N) is 2. The number of carboxylic acid groups (broad SMARTS) is 1. The Morgan fingerprint density at radius 3 is 2.45 bits per heavy atom. The molecule has 1 heterocycles. The SMILES string of the molecule is CC(C)S(C)(C)c1cccc(C(=O)NCC(=O)Nc2nc(-c3cccc(C(=O)O)c3)cs2)c1. The number of amides is 2. The number of thiazole rings is 1. The molecule has 0 saturated carbocycles. The molecule has 33 heavy (non-hydrogen) atoms. The molecule has 2 amide bonds. The Bertz CT molecular complexity index is 1190. The minimum atomic E-state index is -1.03. The van der Waals surface area contributed by atoms with E-state index < -0.39 is 21.9 Å². The van der Waals surface area contributed by atoms with Gasteiger partial charge < -0.3 is 15.7 Å². The van der Waals surface area contributed by atoms with Crippen LogP contribution in [-0.2, 0) is 4.79 Å². The first-order valence-electron chi connectivity index (χ1n) is 10.3. The summed E-state index contributed by atoms with van der Waals surface area (Å²) in [7, 11) is -1.03. The topological polar surface area (TPSA) is 108 Å². The predicted molar refractivity (Wildman–Crippen MR) is 135 cm³/mol. The fourth-order valence-corrected chi connectivity index (χ4v) is 5.08. The standard InChI is InChI=1S/C24H27N3O4S2/c1-15(2)33(3,4)19-10-6-8-17(12-19)22(29)25-13-21(28)27-24-26-20(14-32-24)16-7-5-9-18(11-16)23(30)31/h5-12,14-15H,13H2,1-4H3,(H,25,29)(H,30,31)(H,26,27,28). The van der Waals surface area contributed by atoms with Crippen LogP contribution in [0.1, 0.15) is 34.6 Å². The van der Waals surface area contributed by atoms with E-state index in [-0.39, 0.29) is 18.0 Å². The van der Waals surface area contributed by atoms with E-state index in [0.29, 0.717) is 27.2 Å². The first-order chi connectivity index (χ1) is 15.6. The number of nitrogens with zero attached hydrogens (tertiary/aromatic N) is 1. The van der Waals surface area contributed by atoms with Crippen LogP contribution >= 0.6 is 21.4 Å². The molecule has 0 bridgehead atoms. The molecular weight excluding hydrogens is 458 g/mol. The van der Waals surface area contributed by atoms with Crippen molar-refractivity contribution in [3.05, 3.63) is 65.0 Å². The van der Waals surface area contributed by atoms with Crippen LogP contribution < -0.4 is 10.6 Å². The van der Waals surface area contributed by atoms with Gasteiger partial charge in [-0.1, -0.05) is 38.1 Å². The van der Waals surface area contributed by atoms with E-state index in [4.69, 9.17) is 5.11 Å². The average molecular weight is 486 g/mol. The van der Waals surface area contributed by atoms with Gasteiger partial charge in [0.25, 0.3) is 5.91 Å². The third kappa shape index (κ3) is 6.00. The molecule has 3 aromatic rings. The summed E-state index contributed by atoms with van der Waals surface area (Å²) < 4.78 is 0. The third-order valence-corrected chi connectivity index (χ3v) is 10.0. The number of hydrogen-bond acceptors (Lipinski definition) is 5. The first-order valence-corrected chi connectivity index (χ1v) is 13.7. The lowest BCUT2D eigenvalue weighted by Crippen LogP contribution is -2.32. The maximum Gasteiger partial charge on any atom is 0.335 e. The number of rotatable bonds is 8. The molecule has 0 fully saturated rings. The van der Waals surface area contributed by atoms with Crippen molar-refractivity contribution in [2.75, 3.05) is 24.4 Å². The van der Waals surface area contributed by atoms with E-state index in [1.807, 2.05) is 18.2 Å². The van der Waals surface area contributed by atoms with Crippen LogP contribution in [0.25, 0.3) is 11.3 Å². The van der Waals surface area contributed by atoms with Crippen LogP contribution in [0.4, 0.5) is 5.13 Å². The van der Waals surface area contributed by atoms with Crippen LogP contribution in [0.3, 0.4) is 0 Å². The normalized spacial score (nSPS) is 11.8. The summed E-state index contributed by atoms with van der Waals surface area (Å²) in [4.78, 5) is 41.6. The second-order valence-corrected chi connectivity index (χ2v) is 13.2. The van der Waals surface area contributed by atoms with Crippen LogP contribution in [0.2, 0.25) is 0 Å². The molecule has 2 aromatic carbocycles. The zero-order valence-corrected chi connectivity index (χ0v) is 20.5. The highest BCUT2D eigenvalue weighted by atomic mass is 32.3. The molecule has 9 heteroatoms. The van der Waals surface area contributed by atoms with Crippen molar-refractivity contribution in [3.63, 3.8) is 0 Å². The second-order valence-electron chi connectivity index (χ2n) is 8.14. The van der Waals surface area contributed by atoms with E-state index in [1.54, 1.807) is 23.6 Å².